The number of aryl methyl sites for hydroxylation is 1. The third-order valence-electron chi connectivity index (χ3n) is 4.76. The molecule has 1 saturated heterocycles. The number of carbonyl (C=O) groups is 1. The van der Waals surface area contributed by atoms with Gasteiger partial charge >= 0.3 is 0 Å². The minimum atomic E-state index is 0.187. The molecule has 1 saturated carbocycles. The van der Waals surface area contributed by atoms with Gasteiger partial charge in [-0.2, -0.15) is 0 Å². The van der Waals surface area contributed by atoms with E-state index in [1.165, 1.54) is 12.8 Å². The van der Waals surface area contributed by atoms with Gasteiger partial charge in [0.2, 0.25) is 5.91 Å². The summed E-state index contributed by atoms with van der Waals surface area (Å²) in [6.07, 6.45) is 6.74. The summed E-state index contributed by atoms with van der Waals surface area (Å²) in [5, 5.41) is 3.24. The van der Waals surface area contributed by atoms with Crippen molar-refractivity contribution in [3.05, 3.63) is 23.9 Å². The first kappa shape index (κ1) is 14.4. The van der Waals surface area contributed by atoms with Crippen LogP contribution in [0.15, 0.2) is 18.2 Å². The zero-order chi connectivity index (χ0) is 14.7. The Hall–Kier alpha value is -1.58. The molecule has 0 unspecified atom stereocenters. The van der Waals surface area contributed by atoms with Crippen molar-refractivity contribution in [3.63, 3.8) is 0 Å². The van der Waals surface area contributed by atoms with Crippen LogP contribution in [0.5, 0.6) is 0 Å². The summed E-state index contributed by atoms with van der Waals surface area (Å²) in [5.41, 5.74) is 1.05. The summed E-state index contributed by atoms with van der Waals surface area (Å²) in [5.74, 6) is 1.51. The van der Waals surface area contributed by atoms with Crippen molar-refractivity contribution in [2.45, 2.75) is 51.5 Å². The smallest absolute Gasteiger partial charge is 0.223 e. The van der Waals surface area contributed by atoms with E-state index in [0.717, 1.165) is 50.3 Å². The summed E-state index contributed by atoms with van der Waals surface area (Å²) in [6.45, 7) is 3.88. The fourth-order valence-electron chi connectivity index (χ4n) is 3.46. The number of nitrogens with one attached hydrogen (secondary N) is 1. The largest absolute Gasteiger partial charge is 0.357 e. The first-order chi connectivity index (χ1) is 10.2. The number of hydrogen-bond acceptors (Lipinski definition) is 3. The van der Waals surface area contributed by atoms with Crippen molar-refractivity contribution >= 4 is 11.7 Å². The van der Waals surface area contributed by atoms with Gasteiger partial charge in [-0.15, -0.1) is 0 Å². The summed E-state index contributed by atoms with van der Waals surface area (Å²) >= 11 is 0. The molecule has 1 aromatic rings. The highest BCUT2D eigenvalue weighted by molar-refractivity contribution is 5.79. The first-order valence-corrected chi connectivity index (χ1v) is 8.21. The van der Waals surface area contributed by atoms with Gasteiger partial charge in [-0.1, -0.05) is 18.9 Å². The molecule has 2 heterocycles. The van der Waals surface area contributed by atoms with Gasteiger partial charge in [0.25, 0.3) is 0 Å². The van der Waals surface area contributed by atoms with E-state index in [-0.39, 0.29) is 11.8 Å². The lowest BCUT2D eigenvalue weighted by Gasteiger charge is -2.32. The monoisotopic (exact) mass is 287 g/mol. The van der Waals surface area contributed by atoms with Crippen LogP contribution >= 0.6 is 0 Å². The van der Waals surface area contributed by atoms with Crippen LogP contribution in [0.25, 0.3) is 0 Å². The molecular weight excluding hydrogens is 262 g/mol. The van der Waals surface area contributed by atoms with Crippen molar-refractivity contribution in [2.75, 3.05) is 18.0 Å². The second-order valence-electron chi connectivity index (χ2n) is 6.39. The van der Waals surface area contributed by atoms with E-state index in [1.807, 2.05) is 13.0 Å². The Morgan fingerprint density at radius 2 is 1.90 bits per heavy atom. The predicted octanol–water partition coefficient (Wildman–Crippen LogP) is 2.67. The van der Waals surface area contributed by atoms with Gasteiger partial charge in [-0.25, -0.2) is 4.98 Å². The first-order valence-electron chi connectivity index (χ1n) is 8.21. The lowest BCUT2D eigenvalue weighted by Crippen LogP contribution is -2.43. The third-order valence-corrected chi connectivity index (χ3v) is 4.76. The topological polar surface area (TPSA) is 45.2 Å². The van der Waals surface area contributed by atoms with Crippen LogP contribution < -0.4 is 10.2 Å². The molecule has 4 heteroatoms. The molecule has 0 spiro atoms. The minimum absolute atomic E-state index is 0.187. The molecule has 1 amide bonds. The van der Waals surface area contributed by atoms with E-state index in [2.05, 4.69) is 27.3 Å². The Bertz CT molecular complexity index is 489. The van der Waals surface area contributed by atoms with Gasteiger partial charge < -0.3 is 10.2 Å². The molecular formula is C17H25N3O. The molecule has 4 nitrogen and oxygen atoms in total. The number of nitrogens with zero attached hydrogens (tertiary/aromatic N) is 2. The van der Waals surface area contributed by atoms with Crippen molar-refractivity contribution in [1.82, 2.24) is 10.3 Å². The predicted molar refractivity (Wildman–Crippen MR) is 84.3 cm³/mol. The number of amides is 1. The van der Waals surface area contributed by atoms with Crippen molar-refractivity contribution in [3.8, 4) is 0 Å². The molecule has 1 N–H and O–H groups in total. The van der Waals surface area contributed by atoms with Crippen molar-refractivity contribution in [2.24, 2.45) is 5.92 Å². The molecule has 3 rings (SSSR count). The third kappa shape index (κ3) is 3.55. The van der Waals surface area contributed by atoms with Gasteiger partial charge in [0.1, 0.15) is 5.82 Å². The summed E-state index contributed by atoms with van der Waals surface area (Å²) < 4.78 is 0. The SMILES string of the molecule is Cc1cccc(N2CCC(C(=O)NC3CCCC3)CC2)n1. The number of aromatic nitrogens is 1. The van der Waals surface area contributed by atoms with E-state index in [0.29, 0.717) is 6.04 Å². The average Bonchev–Trinajstić information content (AvgIpc) is 3.00. The summed E-state index contributed by atoms with van der Waals surface area (Å²) in [7, 11) is 0. The van der Waals surface area contributed by atoms with E-state index < -0.39 is 0 Å². The number of piperidine rings is 1. The molecule has 0 aromatic carbocycles. The van der Waals surface area contributed by atoms with Gasteiger partial charge in [0, 0.05) is 30.7 Å². The van der Waals surface area contributed by atoms with Crippen molar-refractivity contribution < 1.29 is 4.79 Å². The number of anilines is 1. The van der Waals surface area contributed by atoms with Crippen LogP contribution in [-0.4, -0.2) is 30.0 Å². The maximum atomic E-state index is 12.3. The standard InChI is InChI=1S/C17H25N3O/c1-13-5-4-8-16(18-13)20-11-9-14(10-12-20)17(21)19-15-6-2-3-7-15/h4-5,8,14-15H,2-3,6-7,9-12H2,1H3,(H,19,21). The second kappa shape index (κ2) is 6.46. The normalized spacial score (nSPS) is 20.7. The Balaban J connectivity index is 1.51. The van der Waals surface area contributed by atoms with Crippen molar-refractivity contribution in [1.29, 1.82) is 0 Å². The number of hydrogen-bond donors (Lipinski definition) is 1. The van der Waals surface area contributed by atoms with E-state index in [9.17, 15) is 4.79 Å². The van der Waals surface area contributed by atoms with Crippen LogP contribution in [0.1, 0.15) is 44.2 Å². The molecule has 0 atom stereocenters. The average molecular weight is 287 g/mol. The number of rotatable bonds is 3. The summed E-state index contributed by atoms with van der Waals surface area (Å²) in [4.78, 5) is 19.2. The van der Waals surface area contributed by atoms with E-state index in [1.54, 1.807) is 0 Å². The Morgan fingerprint density at radius 1 is 1.19 bits per heavy atom. The van der Waals surface area contributed by atoms with Crippen LogP contribution in [-0.2, 0) is 4.79 Å². The van der Waals surface area contributed by atoms with Crippen LogP contribution in [0, 0.1) is 12.8 Å². The lowest BCUT2D eigenvalue weighted by molar-refractivity contribution is -0.126. The van der Waals surface area contributed by atoms with Gasteiger partial charge in [0.05, 0.1) is 0 Å². The van der Waals surface area contributed by atoms with E-state index in [4.69, 9.17) is 0 Å². The molecule has 1 aliphatic carbocycles. The molecule has 0 bridgehead atoms. The molecule has 2 aliphatic rings. The number of carbonyl (C=O) groups excluding carboxylic acids is 1. The molecule has 1 aromatic heterocycles. The maximum Gasteiger partial charge on any atom is 0.223 e. The highest BCUT2D eigenvalue weighted by Gasteiger charge is 2.27. The van der Waals surface area contributed by atoms with Gasteiger partial charge in [-0.05, 0) is 44.7 Å². The fourth-order valence-corrected chi connectivity index (χ4v) is 3.46. The van der Waals surface area contributed by atoms with E-state index >= 15 is 0 Å². The van der Waals surface area contributed by atoms with Crippen LogP contribution in [0.3, 0.4) is 0 Å². The highest BCUT2D eigenvalue weighted by atomic mass is 16.1. The molecule has 1 aliphatic heterocycles. The number of pyridine rings is 1. The molecule has 114 valence electrons. The molecule has 21 heavy (non-hydrogen) atoms. The lowest BCUT2D eigenvalue weighted by atomic mass is 9.95. The summed E-state index contributed by atoms with van der Waals surface area (Å²) in [6, 6.07) is 6.57. The zero-order valence-corrected chi connectivity index (χ0v) is 12.8. The fraction of sp³-hybridized carbons (Fsp3) is 0.647. The molecule has 2 fully saturated rings. The second-order valence-corrected chi connectivity index (χ2v) is 6.39. The Morgan fingerprint density at radius 3 is 2.57 bits per heavy atom. The zero-order valence-electron chi connectivity index (χ0n) is 12.8. The highest BCUT2D eigenvalue weighted by Crippen LogP contribution is 2.24. The van der Waals surface area contributed by atoms with Gasteiger partial charge in [0.15, 0.2) is 0 Å². The van der Waals surface area contributed by atoms with Crippen LogP contribution in [0.4, 0.5) is 5.82 Å². The van der Waals surface area contributed by atoms with Gasteiger partial charge in [-0.3, -0.25) is 4.79 Å². The van der Waals surface area contributed by atoms with Crippen LogP contribution in [0.2, 0.25) is 0 Å². The Labute approximate surface area is 126 Å². The minimum Gasteiger partial charge on any atom is -0.357 e. The quantitative estimate of drug-likeness (QED) is 0.929. The maximum absolute atomic E-state index is 12.3. The Kier molecular flexibility index (Phi) is 4.42. The molecule has 0 radical (unpaired) electrons.